The second kappa shape index (κ2) is 6.04. The molecule has 23 heavy (non-hydrogen) atoms. The summed E-state index contributed by atoms with van der Waals surface area (Å²) in [4.78, 5) is 15.6. The fourth-order valence-electron chi connectivity index (χ4n) is 2.39. The number of rotatable bonds is 3. The number of amides is 1. The van der Waals surface area contributed by atoms with E-state index in [1.807, 2.05) is 0 Å². The number of carbonyl (C=O) groups excluding carboxylic acids is 1. The van der Waals surface area contributed by atoms with E-state index in [0.29, 0.717) is 0 Å². The highest BCUT2D eigenvalue weighted by Gasteiger charge is 2.61. The number of aromatic nitrogens is 1. The maximum Gasteiger partial charge on any atom is 0.417 e. The molecule has 128 valence electrons. The van der Waals surface area contributed by atoms with E-state index < -0.39 is 42.1 Å². The topological polar surface area (TPSA) is 71.5 Å². The molecule has 0 bridgehead atoms. The monoisotopic (exact) mass is 336 g/mol. The molecule has 0 saturated carbocycles. The third-order valence-electron chi connectivity index (χ3n) is 4.09. The van der Waals surface area contributed by atoms with Crippen molar-refractivity contribution in [2.45, 2.75) is 44.8 Å². The summed E-state index contributed by atoms with van der Waals surface area (Å²) in [6.45, 7) is 1.66. The summed E-state index contributed by atoms with van der Waals surface area (Å²) < 4.78 is 57.6. The Bertz CT molecular complexity index is 608. The van der Waals surface area contributed by atoms with Crippen molar-refractivity contribution in [1.82, 2.24) is 4.98 Å². The Hall–Kier alpha value is -1.74. The quantitative estimate of drug-likeness (QED) is 0.832. The van der Waals surface area contributed by atoms with Crippen molar-refractivity contribution < 1.29 is 32.2 Å². The van der Waals surface area contributed by atoms with E-state index in [-0.39, 0.29) is 17.8 Å². The van der Waals surface area contributed by atoms with Crippen LogP contribution < -0.4 is 5.32 Å². The minimum atomic E-state index is -4.60. The number of aliphatic hydroxyl groups excluding tert-OH is 1. The summed E-state index contributed by atoms with van der Waals surface area (Å²) in [5, 5.41) is 11.1. The number of hydrogen-bond donors (Lipinski definition) is 2. The SMILES string of the molecule is C[C@H]1C[C@H](C(=O)Nc2cnc(CO)c(F)c2)O[C@@]1(C)C(F)(F)F. The fourth-order valence-corrected chi connectivity index (χ4v) is 2.39. The standard InChI is InChI=1S/C14H16F4N2O3/c1-7-3-11(23-13(7,2)14(16,17)18)12(22)20-8-4-9(15)10(6-21)19-5-8/h4-5,7,11,21H,3,6H2,1-2H3,(H,20,22)/t7-,11+,13+/m0/s1. The van der Waals surface area contributed by atoms with Crippen molar-refractivity contribution in [1.29, 1.82) is 0 Å². The first-order valence-electron chi connectivity index (χ1n) is 6.89. The lowest BCUT2D eigenvalue weighted by atomic mass is 9.89. The molecular weight excluding hydrogens is 320 g/mol. The van der Waals surface area contributed by atoms with Crippen LogP contribution in [0, 0.1) is 11.7 Å². The van der Waals surface area contributed by atoms with Crippen LogP contribution in [-0.2, 0) is 16.1 Å². The van der Waals surface area contributed by atoms with Gasteiger partial charge in [0, 0.05) is 6.07 Å². The first-order valence-corrected chi connectivity index (χ1v) is 6.89. The first kappa shape index (κ1) is 17.6. The Kier molecular flexibility index (Phi) is 4.63. The van der Waals surface area contributed by atoms with Crippen LogP contribution in [-0.4, -0.2) is 33.9 Å². The Morgan fingerprint density at radius 1 is 1.57 bits per heavy atom. The highest BCUT2D eigenvalue weighted by atomic mass is 19.4. The Labute approximate surface area is 129 Å². The van der Waals surface area contributed by atoms with E-state index in [9.17, 15) is 22.4 Å². The molecule has 2 N–H and O–H groups in total. The fraction of sp³-hybridized carbons (Fsp3) is 0.571. The van der Waals surface area contributed by atoms with Crippen LogP contribution in [0.25, 0.3) is 0 Å². The number of alkyl halides is 3. The average Bonchev–Trinajstić information content (AvgIpc) is 2.76. The molecule has 1 fully saturated rings. The number of aliphatic hydroxyl groups is 1. The van der Waals surface area contributed by atoms with Gasteiger partial charge in [0.25, 0.3) is 5.91 Å². The van der Waals surface area contributed by atoms with E-state index in [2.05, 4.69) is 10.3 Å². The molecule has 1 saturated heterocycles. The Morgan fingerprint density at radius 3 is 2.70 bits per heavy atom. The number of pyridine rings is 1. The molecule has 0 aromatic carbocycles. The lowest BCUT2D eigenvalue weighted by molar-refractivity contribution is -0.272. The highest BCUT2D eigenvalue weighted by molar-refractivity contribution is 5.94. The van der Waals surface area contributed by atoms with Crippen LogP contribution in [0.4, 0.5) is 23.2 Å². The lowest BCUT2D eigenvalue weighted by Crippen LogP contribution is -2.47. The number of halogens is 4. The molecule has 0 radical (unpaired) electrons. The van der Waals surface area contributed by atoms with Gasteiger partial charge < -0.3 is 15.2 Å². The van der Waals surface area contributed by atoms with Crippen molar-refractivity contribution in [3.05, 3.63) is 23.8 Å². The predicted molar refractivity (Wildman–Crippen MR) is 71.9 cm³/mol. The minimum absolute atomic E-state index is 0.0263. The van der Waals surface area contributed by atoms with Crippen molar-refractivity contribution in [2.75, 3.05) is 5.32 Å². The van der Waals surface area contributed by atoms with Crippen LogP contribution in [0.3, 0.4) is 0 Å². The summed E-state index contributed by atoms with van der Waals surface area (Å²) in [6, 6.07) is 0.928. The Balaban J connectivity index is 2.09. The average molecular weight is 336 g/mol. The molecule has 0 spiro atoms. The molecular formula is C14H16F4N2O3. The number of ether oxygens (including phenoxy) is 1. The molecule has 0 aliphatic carbocycles. The van der Waals surface area contributed by atoms with Gasteiger partial charge in [-0.25, -0.2) is 4.39 Å². The number of anilines is 1. The van der Waals surface area contributed by atoms with Gasteiger partial charge in [-0.1, -0.05) is 6.92 Å². The zero-order valence-corrected chi connectivity index (χ0v) is 12.4. The summed E-state index contributed by atoms with van der Waals surface area (Å²) in [5.41, 5.74) is -2.63. The molecule has 1 aromatic rings. The zero-order valence-electron chi connectivity index (χ0n) is 12.4. The summed E-state index contributed by atoms with van der Waals surface area (Å²) in [7, 11) is 0. The third kappa shape index (κ3) is 3.30. The van der Waals surface area contributed by atoms with E-state index in [0.717, 1.165) is 19.2 Å². The van der Waals surface area contributed by atoms with Gasteiger partial charge in [-0.3, -0.25) is 9.78 Å². The van der Waals surface area contributed by atoms with Crippen LogP contribution in [0.1, 0.15) is 26.0 Å². The van der Waals surface area contributed by atoms with Gasteiger partial charge in [0.05, 0.1) is 18.5 Å². The lowest BCUT2D eigenvalue weighted by Gasteiger charge is -2.30. The van der Waals surface area contributed by atoms with Crippen molar-refractivity contribution in [3.8, 4) is 0 Å². The van der Waals surface area contributed by atoms with Gasteiger partial charge in [0.2, 0.25) is 0 Å². The van der Waals surface area contributed by atoms with Crippen molar-refractivity contribution in [3.63, 3.8) is 0 Å². The number of nitrogens with one attached hydrogen (secondary N) is 1. The van der Waals surface area contributed by atoms with Gasteiger partial charge in [-0.05, 0) is 19.3 Å². The van der Waals surface area contributed by atoms with Gasteiger partial charge in [0.1, 0.15) is 17.6 Å². The van der Waals surface area contributed by atoms with Crippen LogP contribution in [0.5, 0.6) is 0 Å². The minimum Gasteiger partial charge on any atom is -0.390 e. The molecule has 2 rings (SSSR count). The molecule has 5 nitrogen and oxygen atoms in total. The molecule has 1 amide bonds. The summed E-state index contributed by atoms with van der Waals surface area (Å²) in [6.07, 6.45) is -4.89. The van der Waals surface area contributed by atoms with Crippen LogP contribution in [0.2, 0.25) is 0 Å². The Morgan fingerprint density at radius 2 is 2.22 bits per heavy atom. The second-order valence-corrected chi connectivity index (χ2v) is 5.65. The van der Waals surface area contributed by atoms with Crippen LogP contribution in [0.15, 0.2) is 12.3 Å². The third-order valence-corrected chi connectivity index (χ3v) is 4.09. The largest absolute Gasteiger partial charge is 0.417 e. The van der Waals surface area contributed by atoms with Gasteiger partial charge >= 0.3 is 6.18 Å². The molecule has 3 atom stereocenters. The molecule has 1 aliphatic heterocycles. The van der Waals surface area contributed by atoms with E-state index >= 15 is 0 Å². The molecule has 9 heteroatoms. The van der Waals surface area contributed by atoms with E-state index in [1.54, 1.807) is 0 Å². The van der Waals surface area contributed by atoms with Crippen molar-refractivity contribution >= 4 is 11.6 Å². The maximum absolute atomic E-state index is 13.5. The summed E-state index contributed by atoms with van der Waals surface area (Å²) in [5.74, 6) is -2.53. The number of hydrogen-bond acceptors (Lipinski definition) is 4. The number of nitrogens with zero attached hydrogens (tertiary/aromatic N) is 1. The molecule has 0 unspecified atom stereocenters. The summed E-state index contributed by atoms with van der Waals surface area (Å²) >= 11 is 0. The van der Waals surface area contributed by atoms with E-state index in [4.69, 9.17) is 9.84 Å². The normalized spacial score (nSPS) is 28.0. The van der Waals surface area contributed by atoms with E-state index in [1.165, 1.54) is 6.92 Å². The molecule has 1 aliphatic rings. The molecule has 2 heterocycles. The first-order chi connectivity index (χ1) is 10.6. The maximum atomic E-state index is 13.5. The molecule has 1 aromatic heterocycles. The van der Waals surface area contributed by atoms with Gasteiger partial charge in [-0.2, -0.15) is 13.2 Å². The van der Waals surface area contributed by atoms with Crippen LogP contribution >= 0.6 is 0 Å². The van der Waals surface area contributed by atoms with Gasteiger partial charge in [-0.15, -0.1) is 0 Å². The van der Waals surface area contributed by atoms with Gasteiger partial charge in [0.15, 0.2) is 5.60 Å². The highest BCUT2D eigenvalue weighted by Crippen LogP contribution is 2.46. The predicted octanol–water partition coefficient (Wildman–Crippen LogP) is 2.40. The zero-order chi connectivity index (χ0) is 17.4. The smallest absolute Gasteiger partial charge is 0.390 e. The number of carbonyl (C=O) groups is 1. The second-order valence-electron chi connectivity index (χ2n) is 5.65. The van der Waals surface area contributed by atoms with Crippen molar-refractivity contribution in [2.24, 2.45) is 5.92 Å².